The van der Waals surface area contributed by atoms with Gasteiger partial charge in [0.15, 0.2) is 0 Å². The average Bonchev–Trinajstić information content (AvgIpc) is 3.09. The zero-order valence-electron chi connectivity index (χ0n) is 16.0. The second-order valence-electron chi connectivity index (χ2n) is 7.13. The Morgan fingerprint density at radius 1 is 1.11 bits per heavy atom. The van der Waals surface area contributed by atoms with E-state index >= 15 is 0 Å². The maximum absolute atomic E-state index is 12.4. The van der Waals surface area contributed by atoms with Crippen LogP contribution in [0.4, 0.5) is 0 Å². The number of carbonyl (C=O) groups excluding carboxylic acids is 2. The minimum atomic E-state index is -0.0238. The molecular weight excluding hydrogens is 342 g/mol. The molecule has 0 spiro atoms. The Bertz CT molecular complexity index is 755. The standard InChI is InChI=1S/C21H27N3O3/c1-16-4-6-18(7-5-16)17(2)22-20(25)14-23-9-3-10-24(12-11-23)21(26)19-8-13-27-15-19/h4-8,13,15,17H,3,9-12,14H2,1-2H3,(H,22,25). The number of nitrogens with one attached hydrogen (secondary N) is 1. The zero-order valence-corrected chi connectivity index (χ0v) is 16.0. The predicted octanol–water partition coefficient (Wildman–Crippen LogP) is 2.61. The molecule has 1 aromatic heterocycles. The molecule has 1 atom stereocenters. The van der Waals surface area contributed by atoms with Crippen LogP contribution in [0.25, 0.3) is 0 Å². The first kappa shape index (κ1) is 19.2. The summed E-state index contributed by atoms with van der Waals surface area (Å²) < 4.78 is 5.00. The van der Waals surface area contributed by atoms with E-state index in [0.29, 0.717) is 31.7 Å². The van der Waals surface area contributed by atoms with Gasteiger partial charge in [0.05, 0.1) is 24.4 Å². The summed E-state index contributed by atoms with van der Waals surface area (Å²) >= 11 is 0. The molecule has 6 heteroatoms. The Balaban J connectivity index is 1.48. The molecule has 1 aromatic carbocycles. The molecule has 0 bridgehead atoms. The van der Waals surface area contributed by atoms with Gasteiger partial charge in [-0.1, -0.05) is 29.8 Å². The Kier molecular flexibility index (Phi) is 6.29. The molecule has 1 aliphatic heterocycles. The molecule has 144 valence electrons. The van der Waals surface area contributed by atoms with E-state index in [9.17, 15) is 9.59 Å². The minimum Gasteiger partial charge on any atom is -0.472 e. The normalized spacial score (nSPS) is 16.6. The monoisotopic (exact) mass is 369 g/mol. The van der Waals surface area contributed by atoms with Crippen LogP contribution < -0.4 is 5.32 Å². The largest absolute Gasteiger partial charge is 0.472 e. The van der Waals surface area contributed by atoms with Crippen molar-refractivity contribution < 1.29 is 14.0 Å². The third-order valence-electron chi connectivity index (χ3n) is 4.97. The van der Waals surface area contributed by atoms with Crippen LogP contribution in [0, 0.1) is 6.92 Å². The van der Waals surface area contributed by atoms with Crippen molar-refractivity contribution in [2.75, 3.05) is 32.7 Å². The summed E-state index contributed by atoms with van der Waals surface area (Å²) in [5, 5.41) is 3.07. The van der Waals surface area contributed by atoms with Crippen LogP contribution in [0.5, 0.6) is 0 Å². The maximum Gasteiger partial charge on any atom is 0.257 e. The quantitative estimate of drug-likeness (QED) is 0.880. The minimum absolute atomic E-state index is 0.0111. The van der Waals surface area contributed by atoms with Gasteiger partial charge in [-0.25, -0.2) is 0 Å². The lowest BCUT2D eigenvalue weighted by Crippen LogP contribution is -2.40. The van der Waals surface area contributed by atoms with Crippen molar-refractivity contribution in [2.45, 2.75) is 26.3 Å². The highest BCUT2D eigenvalue weighted by Crippen LogP contribution is 2.13. The molecule has 0 radical (unpaired) electrons. The lowest BCUT2D eigenvalue weighted by atomic mass is 10.1. The number of hydrogen-bond donors (Lipinski definition) is 1. The first-order valence-corrected chi connectivity index (χ1v) is 9.42. The number of amides is 2. The highest BCUT2D eigenvalue weighted by atomic mass is 16.3. The Morgan fingerprint density at radius 3 is 2.59 bits per heavy atom. The number of nitrogens with zero attached hydrogens (tertiary/aromatic N) is 2. The molecule has 0 aliphatic carbocycles. The van der Waals surface area contributed by atoms with Crippen molar-refractivity contribution in [3.05, 3.63) is 59.5 Å². The predicted molar refractivity (Wildman–Crippen MR) is 103 cm³/mol. The van der Waals surface area contributed by atoms with Crippen molar-refractivity contribution in [3.8, 4) is 0 Å². The van der Waals surface area contributed by atoms with Crippen molar-refractivity contribution in [3.63, 3.8) is 0 Å². The van der Waals surface area contributed by atoms with Gasteiger partial charge in [0.1, 0.15) is 6.26 Å². The van der Waals surface area contributed by atoms with E-state index in [-0.39, 0.29) is 17.9 Å². The van der Waals surface area contributed by atoms with Gasteiger partial charge < -0.3 is 14.6 Å². The summed E-state index contributed by atoms with van der Waals surface area (Å²) in [6, 6.07) is 9.86. The van der Waals surface area contributed by atoms with E-state index in [2.05, 4.69) is 22.3 Å². The molecule has 1 unspecified atom stereocenters. The van der Waals surface area contributed by atoms with Crippen molar-refractivity contribution >= 4 is 11.8 Å². The summed E-state index contributed by atoms with van der Waals surface area (Å²) in [7, 11) is 0. The van der Waals surface area contributed by atoms with Gasteiger partial charge in [-0.3, -0.25) is 14.5 Å². The van der Waals surface area contributed by atoms with Gasteiger partial charge in [0.25, 0.3) is 5.91 Å². The molecular formula is C21H27N3O3. The highest BCUT2D eigenvalue weighted by molar-refractivity contribution is 5.93. The summed E-state index contributed by atoms with van der Waals surface area (Å²) in [6.45, 7) is 7.21. The van der Waals surface area contributed by atoms with Crippen LogP contribution in [0.1, 0.15) is 40.9 Å². The van der Waals surface area contributed by atoms with E-state index in [4.69, 9.17) is 4.42 Å². The fourth-order valence-electron chi connectivity index (χ4n) is 3.33. The van der Waals surface area contributed by atoms with E-state index in [1.807, 2.05) is 30.9 Å². The topological polar surface area (TPSA) is 65.8 Å². The highest BCUT2D eigenvalue weighted by Gasteiger charge is 2.22. The average molecular weight is 369 g/mol. The van der Waals surface area contributed by atoms with Gasteiger partial charge >= 0.3 is 0 Å². The van der Waals surface area contributed by atoms with Crippen LogP contribution >= 0.6 is 0 Å². The van der Waals surface area contributed by atoms with Crippen molar-refractivity contribution in [1.82, 2.24) is 15.1 Å². The Morgan fingerprint density at radius 2 is 1.89 bits per heavy atom. The SMILES string of the molecule is Cc1ccc(C(C)NC(=O)CN2CCCN(C(=O)c3ccoc3)CC2)cc1. The lowest BCUT2D eigenvalue weighted by molar-refractivity contribution is -0.122. The third kappa shape index (κ3) is 5.20. The van der Waals surface area contributed by atoms with Gasteiger partial charge in [-0.2, -0.15) is 0 Å². The number of aryl methyl sites for hydroxylation is 1. The van der Waals surface area contributed by atoms with Crippen molar-refractivity contribution in [1.29, 1.82) is 0 Å². The van der Waals surface area contributed by atoms with Gasteiger partial charge in [-0.05, 0) is 31.9 Å². The first-order valence-electron chi connectivity index (χ1n) is 9.42. The van der Waals surface area contributed by atoms with E-state index in [0.717, 1.165) is 18.5 Å². The summed E-state index contributed by atoms with van der Waals surface area (Å²) in [5.74, 6) is 0.000677. The molecule has 27 heavy (non-hydrogen) atoms. The summed E-state index contributed by atoms with van der Waals surface area (Å²) in [5.41, 5.74) is 2.88. The second-order valence-corrected chi connectivity index (χ2v) is 7.13. The van der Waals surface area contributed by atoms with Crippen molar-refractivity contribution in [2.24, 2.45) is 0 Å². The molecule has 0 saturated carbocycles. The van der Waals surface area contributed by atoms with E-state index in [1.165, 1.54) is 18.1 Å². The molecule has 1 saturated heterocycles. The number of hydrogen-bond acceptors (Lipinski definition) is 4. The van der Waals surface area contributed by atoms with Gasteiger partial charge in [-0.15, -0.1) is 0 Å². The number of carbonyl (C=O) groups is 2. The molecule has 1 aliphatic rings. The van der Waals surface area contributed by atoms with Crippen LogP contribution in [-0.4, -0.2) is 54.3 Å². The fraction of sp³-hybridized carbons (Fsp3) is 0.429. The smallest absolute Gasteiger partial charge is 0.257 e. The fourth-order valence-corrected chi connectivity index (χ4v) is 3.33. The number of benzene rings is 1. The second kappa shape index (κ2) is 8.86. The molecule has 2 heterocycles. The van der Waals surface area contributed by atoms with Crippen LogP contribution in [0.15, 0.2) is 47.3 Å². The van der Waals surface area contributed by atoms with E-state index < -0.39 is 0 Å². The lowest BCUT2D eigenvalue weighted by Gasteiger charge is -2.22. The van der Waals surface area contributed by atoms with E-state index in [1.54, 1.807) is 6.07 Å². The maximum atomic E-state index is 12.4. The Labute approximate surface area is 160 Å². The van der Waals surface area contributed by atoms with Crippen LogP contribution in [-0.2, 0) is 4.79 Å². The van der Waals surface area contributed by atoms with Crippen LogP contribution in [0.2, 0.25) is 0 Å². The van der Waals surface area contributed by atoms with Gasteiger partial charge in [0, 0.05) is 26.2 Å². The van der Waals surface area contributed by atoms with Gasteiger partial charge in [0.2, 0.25) is 5.91 Å². The van der Waals surface area contributed by atoms with Crippen LogP contribution in [0.3, 0.4) is 0 Å². The molecule has 2 aromatic rings. The molecule has 3 rings (SSSR count). The number of furan rings is 1. The Hall–Kier alpha value is -2.60. The molecule has 1 fully saturated rings. The number of rotatable bonds is 5. The third-order valence-corrected chi connectivity index (χ3v) is 4.97. The summed E-state index contributed by atoms with van der Waals surface area (Å²) in [6.07, 6.45) is 3.84. The summed E-state index contributed by atoms with van der Waals surface area (Å²) in [4.78, 5) is 28.8. The molecule has 2 amide bonds. The molecule has 1 N–H and O–H groups in total. The first-order chi connectivity index (χ1) is 13.0. The molecule has 6 nitrogen and oxygen atoms in total. The zero-order chi connectivity index (χ0) is 19.2.